The maximum atomic E-state index is 10.6. The molecule has 0 N–H and O–H groups in total. The van der Waals surface area contributed by atoms with Crippen molar-refractivity contribution in [3.63, 3.8) is 0 Å². The van der Waals surface area contributed by atoms with Crippen LogP contribution in [0.4, 0.5) is 0 Å². The zero-order valence-corrected chi connectivity index (χ0v) is 7.62. The van der Waals surface area contributed by atoms with Crippen molar-refractivity contribution in [2.24, 2.45) is 0 Å². The van der Waals surface area contributed by atoms with E-state index in [4.69, 9.17) is 16.3 Å². The van der Waals surface area contributed by atoms with Crippen LogP contribution in [0.1, 0.15) is 12.8 Å². The quantitative estimate of drug-likeness (QED) is 0.727. The normalized spacial score (nSPS) is 16.8. The van der Waals surface area contributed by atoms with Crippen molar-refractivity contribution in [1.29, 1.82) is 0 Å². The molecule has 0 bridgehead atoms. The summed E-state index contributed by atoms with van der Waals surface area (Å²) >= 11 is 5.71. The number of pyridine rings is 1. The molecule has 1 aliphatic rings. The van der Waals surface area contributed by atoms with E-state index in [1.165, 1.54) is 0 Å². The molecule has 1 aromatic heterocycles. The number of rotatable bonds is 2. The standard InChI is InChI=1S/C9H8ClNO2/c10-6-1-9(5-11-4-6)13-8-2-7(12)3-8/h1,4-5,8H,2-3H2. The first-order chi connectivity index (χ1) is 6.24. The molecular formula is C9H8ClNO2. The average molecular weight is 198 g/mol. The summed E-state index contributed by atoms with van der Waals surface area (Å²) in [4.78, 5) is 14.5. The van der Waals surface area contributed by atoms with Crippen LogP contribution in [0.15, 0.2) is 18.5 Å². The molecule has 2 rings (SSSR count). The average Bonchev–Trinajstić information content (AvgIpc) is 2.01. The van der Waals surface area contributed by atoms with E-state index in [0.29, 0.717) is 23.6 Å². The molecule has 0 aliphatic heterocycles. The molecule has 3 nitrogen and oxygen atoms in total. The molecule has 0 saturated heterocycles. The molecule has 0 amide bonds. The Balaban J connectivity index is 1.98. The minimum Gasteiger partial charge on any atom is -0.488 e. The molecule has 0 radical (unpaired) electrons. The van der Waals surface area contributed by atoms with Crippen LogP contribution in [0.2, 0.25) is 5.02 Å². The number of nitrogens with zero attached hydrogens (tertiary/aromatic N) is 1. The van der Waals surface area contributed by atoms with Gasteiger partial charge in [-0.15, -0.1) is 0 Å². The first kappa shape index (κ1) is 8.51. The first-order valence-electron chi connectivity index (χ1n) is 4.03. The van der Waals surface area contributed by atoms with Crippen LogP contribution in [0.25, 0.3) is 0 Å². The Kier molecular flexibility index (Phi) is 2.19. The summed E-state index contributed by atoms with van der Waals surface area (Å²) in [5, 5.41) is 0.545. The first-order valence-corrected chi connectivity index (χ1v) is 4.41. The van der Waals surface area contributed by atoms with Gasteiger partial charge in [-0.3, -0.25) is 9.78 Å². The Morgan fingerprint density at radius 1 is 1.46 bits per heavy atom. The molecule has 4 heteroatoms. The number of hydrogen-bond acceptors (Lipinski definition) is 3. The van der Waals surface area contributed by atoms with Crippen molar-refractivity contribution in [1.82, 2.24) is 4.98 Å². The minimum atomic E-state index is 0.0211. The Labute approximate surface area is 80.7 Å². The molecule has 68 valence electrons. The highest BCUT2D eigenvalue weighted by Gasteiger charge is 2.28. The van der Waals surface area contributed by atoms with Gasteiger partial charge in [-0.05, 0) is 0 Å². The van der Waals surface area contributed by atoms with Crippen molar-refractivity contribution >= 4 is 17.4 Å². The number of aromatic nitrogens is 1. The van der Waals surface area contributed by atoms with Crippen LogP contribution in [-0.2, 0) is 4.79 Å². The number of halogens is 1. The SMILES string of the molecule is O=C1CC(Oc2cncc(Cl)c2)C1. The predicted octanol–water partition coefficient (Wildman–Crippen LogP) is 1.85. The molecule has 13 heavy (non-hydrogen) atoms. The van der Waals surface area contributed by atoms with Gasteiger partial charge in [-0.2, -0.15) is 0 Å². The molecule has 1 aromatic rings. The van der Waals surface area contributed by atoms with Crippen molar-refractivity contribution in [2.75, 3.05) is 0 Å². The smallest absolute Gasteiger partial charge is 0.140 e. The topological polar surface area (TPSA) is 39.2 Å². The van der Waals surface area contributed by atoms with E-state index >= 15 is 0 Å². The van der Waals surface area contributed by atoms with Gasteiger partial charge in [0.1, 0.15) is 17.6 Å². The minimum absolute atomic E-state index is 0.0211. The largest absolute Gasteiger partial charge is 0.488 e. The van der Waals surface area contributed by atoms with Gasteiger partial charge in [-0.1, -0.05) is 11.6 Å². The monoisotopic (exact) mass is 197 g/mol. The van der Waals surface area contributed by atoms with Gasteiger partial charge in [0.25, 0.3) is 0 Å². The lowest BCUT2D eigenvalue weighted by molar-refractivity contribution is -0.129. The van der Waals surface area contributed by atoms with Gasteiger partial charge in [0.15, 0.2) is 0 Å². The second-order valence-corrected chi connectivity index (χ2v) is 3.46. The number of Topliss-reactive ketones (excluding diaryl/α,β-unsaturated/α-hetero) is 1. The number of hydrogen-bond donors (Lipinski definition) is 0. The number of ether oxygens (including phenoxy) is 1. The van der Waals surface area contributed by atoms with Crippen LogP contribution >= 0.6 is 11.6 Å². The van der Waals surface area contributed by atoms with Gasteiger partial charge >= 0.3 is 0 Å². The summed E-state index contributed by atoms with van der Waals surface area (Å²) in [6.45, 7) is 0. The van der Waals surface area contributed by atoms with Crippen LogP contribution in [0.3, 0.4) is 0 Å². The zero-order chi connectivity index (χ0) is 9.26. The highest BCUT2D eigenvalue weighted by atomic mass is 35.5. The van der Waals surface area contributed by atoms with E-state index < -0.39 is 0 Å². The summed E-state index contributed by atoms with van der Waals surface area (Å²) in [5.41, 5.74) is 0. The van der Waals surface area contributed by atoms with E-state index in [-0.39, 0.29) is 11.9 Å². The molecular weight excluding hydrogens is 190 g/mol. The fourth-order valence-electron chi connectivity index (χ4n) is 1.18. The van der Waals surface area contributed by atoms with E-state index in [1.807, 2.05) is 0 Å². The van der Waals surface area contributed by atoms with Gasteiger partial charge in [0.2, 0.25) is 0 Å². The van der Waals surface area contributed by atoms with Gasteiger partial charge in [0.05, 0.1) is 11.2 Å². The van der Waals surface area contributed by atoms with Crippen molar-refractivity contribution in [3.05, 3.63) is 23.5 Å². The molecule has 0 spiro atoms. The van der Waals surface area contributed by atoms with Gasteiger partial charge in [-0.25, -0.2) is 0 Å². The summed E-state index contributed by atoms with van der Waals surface area (Å²) in [7, 11) is 0. The highest BCUT2D eigenvalue weighted by Crippen LogP contribution is 2.23. The molecule has 1 fully saturated rings. The lowest BCUT2D eigenvalue weighted by atomic mass is 9.94. The van der Waals surface area contributed by atoms with Crippen LogP contribution in [0, 0.1) is 0 Å². The maximum Gasteiger partial charge on any atom is 0.140 e. The van der Waals surface area contributed by atoms with E-state index in [2.05, 4.69) is 4.98 Å². The number of carbonyl (C=O) groups excluding carboxylic acids is 1. The highest BCUT2D eigenvalue weighted by molar-refractivity contribution is 6.30. The molecule has 1 aliphatic carbocycles. The van der Waals surface area contributed by atoms with E-state index in [1.54, 1.807) is 18.5 Å². The number of ketones is 1. The van der Waals surface area contributed by atoms with Crippen LogP contribution in [0.5, 0.6) is 5.75 Å². The fraction of sp³-hybridized carbons (Fsp3) is 0.333. The Morgan fingerprint density at radius 3 is 2.85 bits per heavy atom. The Morgan fingerprint density at radius 2 is 2.23 bits per heavy atom. The van der Waals surface area contributed by atoms with E-state index in [0.717, 1.165) is 0 Å². The van der Waals surface area contributed by atoms with Crippen molar-refractivity contribution < 1.29 is 9.53 Å². The van der Waals surface area contributed by atoms with Gasteiger partial charge < -0.3 is 4.74 Å². The van der Waals surface area contributed by atoms with E-state index in [9.17, 15) is 4.79 Å². The summed E-state index contributed by atoms with van der Waals surface area (Å²) in [6, 6.07) is 1.69. The van der Waals surface area contributed by atoms with Gasteiger partial charge in [0, 0.05) is 25.1 Å². The molecule has 0 unspecified atom stereocenters. The third kappa shape index (κ3) is 1.98. The molecule has 1 heterocycles. The molecule has 0 atom stereocenters. The number of carbonyl (C=O) groups is 1. The Hall–Kier alpha value is -1.09. The third-order valence-corrected chi connectivity index (χ3v) is 2.10. The zero-order valence-electron chi connectivity index (χ0n) is 6.87. The second-order valence-electron chi connectivity index (χ2n) is 3.03. The van der Waals surface area contributed by atoms with Crippen molar-refractivity contribution in [2.45, 2.75) is 18.9 Å². The summed E-state index contributed by atoms with van der Waals surface area (Å²) in [6.07, 6.45) is 4.17. The molecule has 1 saturated carbocycles. The van der Waals surface area contributed by atoms with Crippen molar-refractivity contribution in [3.8, 4) is 5.75 Å². The molecule has 0 aromatic carbocycles. The fourth-order valence-corrected chi connectivity index (χ4v) is 1.34. The van der Waals surface area contributed by atoms with Crippen LogP contribution in [-0.4, -0.2) is 16.9 Å². The summed E-state index contributed by atoms with van der Waals surface area (Å²) < 4.78 is 5.43. The predicted molar refractivity (Wildman–Crippen MR) is 47.9 cm³/mol. The lowest BCUT2D eigenvalue weighted by Crippen LogP contribution is -2.33. The van der Waals surface area contributed by atoms with Crippen LogP contribution < -0.4 is 4.74 Å². The third-order valence-electron chi connectivity index (χ3n) is 1.89. The lowest BCUT2D eigenvalue weighted by Gasteiger charge is -2.24. The summed E-state index contributed by atoms with van der Waals surface area (Å²) in [5.74, 6) is 0.880. The Bertz CT molecular complexity index is 332. The maximum absolute atomic E-state index is 10.6. The second kappa shape index (κ2) is 3.34.